The van der Waals surface area contributed by atoms with Gasteiger partial charge in [0.2, 0.25) is 0 Å². The monoisotopic (exact) mass is 252 g/mol. The maximum atomic E-state index is 6.31. The number of hydrogen-bond donors (Lipinski definition) is 0. The van der Waals surface area contributed by atoms with E-state index in [9.17, 15) is 0 Å². The number of unbranched alkanes of at least 4 members (excludes halogenated alkanes) is 2. The third-order valence-corrected chi connectivity index (χ3v) is 5.28. The second-order valence-corrected chi connectivity index (χ2v) is 5.82. The van der Waals surface area contributed by atoms with Gasteiger partial charge in [-0.1, -0.05) is 33.3 Å². The fraction of sp³-hybridized carbons (Fsp3) is 0.882. The first-order valence-electron chi connectivity index (χ1n) is 7.95. The SMILES string of the molecule is C=CCCCCC1(CC)CCCOC1(CC)CC. The van der Waals surface area contributed by atoms with Crippen molar-refractivity contribution in [3.63, 3.8) is 0 Å². The highest BCUT2D eigenvalue weighted by Gasteiger charge is 2.49. The highest BCUT2D eigenvalue weighted by Crippen LogP contribution is 2.52. The van der Waals surface area contributed by atoms with Crippen molar-refractivity contribution in [3.8, 4) is 0 Å². The Balaban J connectivity index is 2.75. The molecule has 1 heteroatoms. The summed E-state index contributed by atoms with van der Waals surface area (Å²) in [6.07, 6.45) is 13.4. The molecule has 0 aromatic rings. The van der Waals surface area contributed by atoms with Crippen LogP contribution in [0, 0.1) is 5.41 Å². The molecular weight excluding hydrogens is 220 g/mol. The van der Waals surface area contributed by atoms with Crippen LogP contribution >= 0.6 is 0 Å². The number of rotatable bonds is 8. The summed E-state index contributed by atoms with van der Waals surface area (Å²) in [6, 6.07) is 0. The largest absolute Gasteiger partial charge is 0.374 e. The van der Waals surface area contributed by atoms with Crippen LogP contribution in [0.3, 0.4) is 0 Å². The van der Waals surface area contributed by atoms with E-state index in [2.05, 4.69) is 27.4 Å². The molecule has 0 radical (unpaired) electrons. The van der Waals surface area contributed by atoms with E-state index in [1.165, 1.54) is 51.4 Å². The average molecular weight is 252 g/mol. The molecule has 1 heterocycles. The minimum atomic E-state index is 0.147. The van der Waals surface area contributed by atoms with Crippen molar-refractivity contribution in [1.29, 1.82) is 0 Å². The molecule has 18 heavy (non-hydrogen) atoms. The molecule has 1 aliphatic rings. The zero-order valence-corrected chi connectivity index (χ0v) is 12.8. The molecule has 1 fully saturated rings. The fourth-order valence-electron chi connectivity index (χ4n) is 4.04. The first kappa shape index (κ1) is 15.8. The maximum Gasteiger partial charge on any atom is 0.0733 e. The Morgan fingerprint density at radius 2 is 1.83 bits per heavy atom. The van der Waals surface area contributed by atoms with Gasteiger partial charge in [-0.15, -0.1) is 6.58 Å². The Hall–Kier alpha value is -0.300. The van der Waals surface area contributed by atoms with Crippen molar-refractivity contribution in [2.24, 2.45) is 5.41 Å². The van der Waals surface area contributed by atoms with Gasteiger partial charge >= 0.3 is 0 Å². The van der Waals surface area contributed by atoms with Crippen LogP contribution in [0.15, 0.2) is 12.7 Å². The molecular formula is C17H32O. The first-order chi connectivity index (χ1) is 8.70. The highest BCUT2D eigenvalue weighted by molar-refractivity contribution is 5.00. The van der Waals surface area contributed by atoms with Crippen LogP contribution in [-0.2, 0) is 4.74 Å². The molecule has 0 bridgehead atoms. The quantitative estimate of drug-likeness (QED) is 0.409. The third-order valence-electron chi connectivity index (χ3n) is 5.28. The minimum Gasteiger partial charge on any atom is -0.374 e. The van der Waals surface area contributed by atoms with Gasteiger partial charge in [0, 0.05) is 6.61 Å². The lowest BCUT2D eigenvalue weighted by Gasteiger charge is -2.53. The van der Waals surface area contributed by atoms with Gasteiger partial charge < -0.3 is 4.74 Å². The lowest BCUT2D eigenvalue weighted by Crippen LogP contribution is -2.52. The van der Waals surface area contributed by atoms with Gasteiger partial charge in [-0.3, -0.25) is 0 Å². The summed E-state index contributed by atoms with van der Waals surface area (Å²) in [5.41, 5.74) is 0.574. The first-order valence-corrected chi connectivity index (χ1v) is 7.95. The summed E-state index contributed by atoms with van der Waals surface area (Å²) in [5.74, 6) is 0. The molecule has 1 nitrogen and oxygen atoms in total. The van der Waals surface area contributed by atoms with Crippen molar-refractivity contribution in [2.75, 3.05) is 6.61 Å². The molecule has 106 valence electrons. The summed E-state index contributed by atoms with van der Waals surface area (Å²) in [7, 11) is 0. The standard InChI is InChI=1S/C17H32O/c1-5-9-10-11-13-16(6-2)14-12-15-18-17(16,7-3)8-4/h5H,1,6-15H2,2-4H3. The van der Waals surface area contributed by atoms with E-state index < -0.39 is 0 Å². The van der Waals surface area contributed by atoms with Crippen molar-refractivity contribution >= 4 is 0 Å². The molecule has 0 aromatic heterocycles. The highest BCUT2D eigenvalue weighted by atomic mass is 16.5. The Labute approximate surface area is 114 Å². The van der Waals surface area contributed by atoms with Crippen molar-refractivity contribution in [2.45, 2.75) is 84.2 Å². The zero-order valence-electron chi connectivity index (χ0n) is 12.8. The molecule has 0 saturated carbocycles. The number of allylic oxidation sites excluding steroid dienone is 1. The third kappa shape index (κ3) is 2.99. The summed E-state index contributed by atoms with van der Waals surface area (Å²) in [5, 5.41) is 0. The average Bonchev–Trinajstić information content (AvgIpc) is 2.44. The van der Waals surface area contributed by atoms with Crippen LogP contribution in [0.5, 0.6) is 0 Å². The lowest BCUT2D eigenvalue weighted by atomic mass is 9.61. The second-order valence-electron chi connectivity index (χ2n) is 5.82. The maximum absolute atomic E-state index is 6.31. The van der Waals surface area contributed by atoms with Crippen molar-refractivity contribution in [1.82, 2.24) is 0 Å². The van der Waals surface area contributed by atoms with E-state index in [0.29, 0.717) is 5.41 Å². The second kappa shape index (κ2) is 7.33. The van der Waals surface area contributed by atoms with E-state index in [4.69, 9.17) is 4.74 Å². The fourth-order valence-corrected chi connectivity index (χ4v) is 4.04. The van der Waals surface area contributed by atoms with Gasteiger partial charge in [-0.05, 0) is 56.8 Å². The van der Waals surface area contributed by atoms with Crippen molar-refractivity contribution < 1.29 is 4.74 Å². The van der Waals surface area contributed by atoms with E-state index in [1.54, 1.807) is 0 Å². The summed E-state index contributed by atoms with van der Waals surface area (Å²) < 4.78 is 6.31. The van der Waals surface area contributed by atoms with Gasteiger partial charge in [-0.2, -0.15) is 0 Å². The van der Waals surface area contributed by atoms with Crippen molar-refractivity contribution in [3.05, 3.63) is 12.7 Å². The summed E-state index contributed by atoms with van der Waals surface area (Å²) >= 11 is 0. The minimum absolute atomic E-state index is 0.147. The Bertz CT molecular complexity index is 242. The predicted molar refractivity (Wildman–Crippen MR) is 79.9 cm³/mol. The Kier molecular flexibility index (Phi) is 6.42. The number of hydrogen-bond acceptors (Lipinski definition) is 1. The van der Waals surface area contributed by atoms with Crippen LogP contribution in [-0.4, -0.2) is 12.2 Å². The molecule has 0 N–H and O–H groups in total. The topological polar surface area (TPSA) is 9.23 Å². The molecule has 0 amide bonds. The zero-order chi connectivity index (χ0) is 13.5. The Morgan fingerprint density at radius 3 is 2.39 bits per heavy atom. The Morgan fingerprint density at radius 1 is 1.11 bits per heavy atom. The summed E-state index contributed by atoms with van der Waals surface area (Å²) in [6.45, 7) is 11.8. The van der Waals surface area contributed by atoms with E-state index in [1.807, 2.05) is 6.08 Å². The molecule has 1 atom stereocenters. The molecule has 1 aliphatic heterocycles. The molecule has 1 rings (SSSR count). The molecule has 0 aromatic carbocycles. The molecule has 0 spiro atoms. The van der Waals surface area contributed by atoms with Crippen LogP contribution in [0.2, 0.25) is 0 Å². The van der Waals surface area contributed by atoms with Gasteiger partial charge in [0.25, 0.3) is 0 Å². The van der Waals surface area contributed by atoms with Crippen LogP contribution in [0.4, 0.5) is 0 Å². The number of ether oxygens (including phenoxy) is 1. The van der Waals surface area contributed by atoms with E-state index in [-0.39, 0.29) is 5.60 Å². The molecule has 1 unspecified atom stereocenters. The van der Waals surface area contributed by atoms with Crippen LogP contribution < -0.4 is 0 Å². The van der Waals surface area contributed by atoms with Crippen LogP contribution in [0.1, 0.15) is 78.6 Å². The van der Waals surface area contributed by atoms with E-state index >= 15 is 0 Å². The lowest BCUT2D eigenvalue weighted by molar-refractivity contribution is -0.181. The van der Waals surface area contributed by atoms with Gasteiger partial charge in [0.1, 0.15) is 0 Å². The molecule has 0 aliphatic carbocycles. The molecule has 1 saturated heterocycles. The van der Waals surface area contributed by atoms with Crippen LogP contribution in [0.25, 0.3) is 0 Å². The van der Waals surface area contributed by atoms with Gasteiger partial charge in [0.05, 0.1) is 5.60 Å². The predicted octanol–water partition coefficient (Wildman–Crippen LogP) is 5.50. The van der Waals surface area contributed by atoms with Gasteiger partial charge in [-0.25, -0.2) is 0 Å². The summed E-state index contributed by atoms with van der Waals surface area (Å²) in [4.78, 5) is 0. The normalized spacial score (nSPS) is 27.1. The van der Waals surface area contributed by atoms with E-state index in [0.717, 1.165) is 13.0 Å². The van der Waals surface area contributed by atoms with Gasteiger partial charge in [0.15, 0.2) is 0 Å². The smallest absolute Gasteiger partial charge is 0.0733 e.